The zero-order valence-electron chi connectivity index (χ0n) is 11.9. The molecule has 3 N–H and O–H groups in total. The normalized spacial score (nSPS) is 11.5. The lowest BCUT2D eigenvalue weighted by Gasteiger charge is -2.09. The van der Waals surface area contributed by atoms with Gasteiger partial charge in [0.15, 0.2) is 0 Å². The van der Waals surface area contributed by atoms with E-state index in [2.05, 4.69) is 9.71 Å². The minimum atomic E-state index is -3.53. The Labute approximate surface area is 125 Å². The van der Waals surface area contributed by atoms with E-state index in [1.165, 1.54) is 6.07 Å². The topological polar surface area (TPSA) is 85.1 Å². The Bertz CT molecular complexity index is 700. The summed E-state index contributed by atoms with van der Waals surface area (Å²) in [6, 6.07) is 8.58. The van der Waals surface area contributed by atoms with Gasteiger partial charge in [0.2, 0.25) is 10.0 Å². The summed E-state index contributed by atoms with van der Waals surface area (Å²) in [7, 11) is -3.53. The highest BCUT2D eigenvalue weighted by Crippen LogP contribution is 2.18. The molecule has 112 valence electrons. The van der Waals surface area contributed by atoms with E-state index in [-0.39, 0.29) is 4.90 Å². The minimum absolute atomic E-state index is 0.198. The zero-order valence-corrected chi connectivity index (χ0v) is 12.7. The van der Waals surface area contributed by atoms with Gasteiger partial charge in [-0.2, -0.15) is 0 Å². The van der Waals surface area contributed by atoms with Gasteiger partial charge in [-0.25, -0.2) is 13.1 Å². The first-order chi connectivity index (χ1) is 10.0. The summed E-state index contributed by atoms with van der Waals surface area (Å²) >= 11 is 0. The van der Waals surface area contributed by atoms with Gasteiger partial charge in [0.1, 0.15) is 0 Å². The van der Waals surface area contributed by atoms with Gasteiger partial charge in [-0.05, 0) is 42.2 Å². The van der Waals surface area contributed by atoms with E-state index < -0.39 is 10.0 Å². The molecule has 0 radical (unpaired) electrons. The maximum Gasteiger partial charge on any atom is 0.240 e. The Hall–Kier alpha value is -1.92. The van der Waals surface area contributed by atoms with Gasteiger partial charge >= 0.3 is 0 Å². The molecule has 0 bridgehead atoms. The molecule has 0 atom stereocenters. The first-order valence-electron chi connectivity index (χ1n) is 6.80. The molecule has 0 saturated carbocycles. The van der Waals surface area contributed by atoms with Crippen LogP contribution in [0.1, 0.15) is 18.1 Å². The largest absolute Gasteiger partial charge is 0.398 e. The fourth-order valence-corrected chi connectivity index (χ4v) is 3.09. The van der Waals surface area contributed by atoms with Gasteiger partial charge < -0.3 is 5.73 Å². The van der Waals surface area contributed by atoms with Crippen molar-refractivity contribution in [1.29, 1.82) is 0 Å². The van der Waals surface area contributed by atoms with Crippen molar-refractivity contribution < 1.29 is 8.42 Å². The van der Waals surface area contributed by atoms with Gasteiger partial charge in [0, 0.05) is 24.6 Å². The van der Waals surface area contributed by atoms with Crippen LogP contribution >= 0.6 is 0 Å². The molecule has 1 heterocycles. The van der Waals surface area contributed by atoms with Crippen molar-refractivity contribution >= 4 is 15.7 Å². The molecule has 0 spiro atoms. The second-order valence-electron chi connectivity index (χ2n) is 4.72. The summed E-state index contributed by atoms with van der Waals surface area (Å²) in [4.78, 5) is 4.19. The average molecular weight is 305 g/mol. The molecular formula is C15H19N3O2S. The lowest BCUT2D eigenvalue weighted by Crippen LogP contribution is -2.26. The van der Waals surface area contributed by atoms with Crippen LogP contribution < -0.4 is 10.5 Å². The van der Waals surface area contributed by atoms with Crippen molar-refractivity contribution in [3.63, 3.8) is 0 Å². The van der Waals surface area contributed by atoms with Crippen LogP contribution in [0.2, 0.25) is 0 Å². The third-order valence-electron chi connectivity index (χ3n) is 3.24. The number of nitrogen functional groups attached to an aromatic ring is 1. The molecular weight excluding hydrogens is 286 g/mol. The van der Waals surface area contributed by atoms with Gasteiger partial charge in [0.05, 0.1) is 4.90 Å². The first kappa shape index (κ1) is 15.5. The lowest BCUT2D eigenvalue weighted by molar-refractivity contribution is 0.581. The molecule has 0 aliphatic heterocycles. The Kier molecular flexibility index (Phi) is 4.93. The Morgan fingerprint density at radius 1 is 1.29 bits per heavy atom. The predicted octanol–water partition coefficient (Wildman–Crippen LogP) is 1.75. The molecule has 0 unspecified atom stereocenters. The van der Waals surface area contributed by atoms with E-state index in [1.54, 1.807) is 24.5 Å². The van der Waals surface area contributed by atoms with Crippen molar-refractivity contribution in [3.05, 3.63) is 53.9 Å². The first-order valence-corrected chi connectivity index (χ1v) is 8.28. The maximum absolute atomic E-state index is 12.2. The number of hydrogen-bond acceptors (Lipinski definition) is 4. The van der Waals surface area contributed by atoms with Crippen molar-refractivity contribution in [2.24, 2.45) is 0 Å². The smallest absolute Gasteiger partial charge is 0.240 e. The molecule has 0 amide bonds. The lowest BCUT2D eigenvalue weighted by atomic mass is 10.1. The van der Waals surface area contributed by atoms with E-state index in [0.717, 1.165) is 17.5 Å². The number of pyridine rings is 1. The third-order valence-corrected chi connectivity index (χ3v) is 4.70. The SMILES string of the molecule is CCc1ccc(S(=O)(=O)NCCc2cccnc2)cc1N. The quantitative estimate of drug-likeness (QED) is 0.796. The number of rotatable bonds is 6. The Morgan fingerprint density at radius 3 is 2.71 bits per heavy atom. The molecule has 1 aromatic heterocycles. The molecule has 0 aliphatic carbocycles. The van der Waals surface area contributed by atoms with Crippen LogP contribution in [0.25, 0.3) is 0 Å². The van der Waals surface area contributed by atoms with Crippen molar-refractivity contribution in [3.8, 4) is 0 Å². The van der Waals surface area contributed by atoms with E-state index in [4.69, 9.17) is 5.73 Å². The number of nitrogens with two attached hydrogens (primary N) is 1. The highest BCUT2D eigenvalue weighted by Gasteiger charge is 2.14. The van der Waals surface area contributed by atoms with E-state index in [0.29, 0.717) is 18.7 Å². The molecule has 2 rings (SSSR count). The van der Waals surface area contributed by atoms with Crippen LogP contribution in [0.5, 0.6) is 0 Å². The second kappa shape index (κ2) is 6.69. The number of hydrogen-bond donors (Lipinski definition) is 2. The number of nitrogens with one attached hydrogen (secondary N) is 1. The molecule has 5 nitrogen and oxygen atoms in total. The number of aryl methyl sites for hydroxylation is 1. The summed E-state index contributed by atoms with van der Waals surface area (Å²) in [5.41, 5.74) is 8.29. The third kappa shape index (κ3) is 4.03. The van der Waals surface area contributed by atoms with Gasteiger partial charge in [-0.3, -0.25) is 4.98 Å². The van der Waals surface area contributed by atoms with E-state index in [1.807, 2.05) is 19.1 Å². The van der Waals surface area contributed by atoms with Gasteiger partial charge in [0.25, 0.3) is 0 Å². The molecule has 21 heavy (non-hydrogen) atoms. The van der Waals surface area contributed by atoms with Crippen LogP contribution in [-0.4, -0.2) is 19.9 Å². The molecule has 0 fully saturated rings. The van der Waals surface area contributed by atoms with Crippen LogP contribution in [-0.2, 0) is 22.9 Å². The van der Waals surface area contributed by atoms with E-state index in [9.17, 15) is 8.42 Å². The second-order valence-corrected chi connectivity index (χ2v) is 6.49. The summed E-state index contributed by atoms with van der Waals surface area (Å²) in [5, 5.41) is 0. The fourth-order valence-electron chi connectivity index (χ4n) is 2.02. The molecule has 0 saturated heterocycles. The van der Waals surface area contributed by atoms with Crippen LogP contribution in [0.4, 0.5) is 5.69 Å². The monoisotopic (exact) mass is 305 g/mol. The van der Waals surface area contributed by atoms with Crippen LogP contribution in [0.15, 0.2) is 47.6 Å². The molecule has 1 aromatic carbocycles. The van der Waals surface area contributed by atoms with Gasteiger partial charge in [-0.15, -0.1) is 0 Å². The number of benzene rings is 1. The number of anilines is 1. The number of aromatic nitrogens is 1. The fraction of sp³-hybridized carbons (Fsp3) is 0.267. The Balaban J connectivity index is 2.03. The van der Waals surface area contributed by atoms with Crippen molar-refractivity contribution in [2.75, 3.05) is 12.3 Å². The molecule has 6 heteroatoms. The van der Waals surface area contributed by atoms with Crippen molar-refractivity contribution in [1.82, 2.24) is 9.71 Å². The predicted molar refractivity (Wildman–Crippen MR) is 83.4 cm³/mol. The summed E-state index contributed by atoms with van der Waals surface area (Å²) in [6.45, 7) is 2.30. The standard InChI is InChI=1S/C15H19N3O2S/c1-2-13-5-6-14(10-15(13)16)21(19,20)18-9-7-12-4-3-8-17-11-12/h3-6,8,10-11,18H,2,7,9,16H2,1H3. The Morgan fingerprint density at radius 2 is 2.10 bits per heavy atom. The molecule has 0 aliphatic rings. The summed E-state index contributed by atoms with van der Waals surface area (Å²) < 4.78 is 27.0. The van der Waals surface area contributed by atoms with Gasteiger partial charge in [-0.1, -0.05) is 19.1 Å². The summed E-state index contributed by atoms with van der Waals surface area (Å²) in [5.74, 6) is 0. The minimum Gasteiger partial charge on any atom is -0.398 e. The highest BCUT2D eigenvalue weighted by molar-refractivity contribution is 7.89. The summed E-state index contributed by atoms with van der Waals surface area (Å²) in [6.07, 6.45) is 4.78. The molecule has 2 aromatic rings. The number of sulfonamides is 1. The van der Waals surface area contributed by atoms with Crippen molar-refractivity contribution in [2.45, 2.75) is 24.7 Å². The van der Waals surface area contributed by atoms with E-state index >= 15 is 0 Å². The average Bonchev–Trinajstić information content (AvgIpc) is 2.48. The number of nitrogens with zero attached hydrogens (tertiary/aromatic N) is 1. The highest BCUT2D eigenvalue weighted by atomic mass is 32.2. The zero-order chi connectivity index (χ0) is 15.3. The van der Waals surface area contributed by atoms with Crippen LogP contribution in [0, 0.1) is 0 Å². The maximum atomic E-state index is 12.2. The van der Waals surface area contributed by atoms with Crippen LogP contribution in [0.3, 0.4) is 0 Å².